The van der Waals surface area contributed by atoms with Crippen LogP contribution in [0.5, 0.6) is 5.75 Å². The molecule has 1 aromatic carbocycles. The third-order valence-corrected chi connectivity index (χ3v) is 4.48. The molecular formula is C19H21N3O3. The topological polar surface area (TPSA) is 62.7 Å². The standard InChI is InChI=1S/C19H21N3O3/c1-14(23)22-11-10-21(19(24)16-4-3-9-20-12-16)13-18(22)15-5-7-17(25-2)8-6-15/h3-9,12,18H,10-11,13H2,1-2H3/t18-/m1/s1. The van der Waals surface area contributed by atoms with Gasteiger partial charge in [0.1, 0.15) is 5.75 Å². The summed E-state index contributed by atoms with van der Waals surface area (Å²) >= 11 is 0. The van der Waals surface area contributed by atoms with Gasteiger partial charge in [0.2, 0.25) is 5.91 Å². The van der Waals surface area contributed by atoms with Crippen LogP contribution in [0.15, 0.2) is 48.8 Å². The van der Waals surface area contributed by atoms with Gasteiger partial charge in [-0.15, -0.1) is 0 Å². The van der Waals surface area contributed by atoms with E-state index in [9.17, 15) is 9.59 Å². The summed E-state index contributed by atoms with van der Waals surface area (Å²) in [7, 11) is 1.62. The van der Waals surface area contributed by atoms with E-state index in [0.717, 1.165) is 11.3 Å². The Balaban J connectivity index is 1.84. The molecule has 1 fully saturated rings. The van der Waals surface area contributed by atoms with Crippen LogP contribution in [0.1, 0.15) is 28.9 Å². The maximum absolute atomic E-state index is 12.7. The zero-order valence-corrected chi connectivity index (χ0v) is 14.4. The number of amides is 2. The van der Waals surface area contributed by atoms with E-state index in [1.165, 1.54) is 0 Å². The molecule has 1 aliphatic heterocycles. The Morgan fingerprint density at radius 1 is 1.16 bits per heavy atom. The lowest BCUT2D eigenvalue weighted by molar-refractivity contribution is -0.133. The normalized spacial score (nSPS) is 17.3. The molecule has 3 rings (SSSR count). The molecule has 6 nitrogen and oxygen atoms in total. The molecule has 0 saturated carbocycles. The van der Waals surface area contributed by atoms with Crippen molar-refractivity contribution >= 4 is 11.8 Å². The van der Waals surface area contributed by atoms with E-state index in [2.05, 4.69) is 4.98 Å². The fraction of sp³-hybridized carbons (Fsp3) is 0.316. The van der Waals surface area contributed by atoms with Crippen molar-refractivity contribution in [2.24, 2.45) is 0 Å². The molecule has 1 saturated heterocycles. The van der Waals surface area contributed by atoms with Crippen molar-refractivity contribution in [3.63, 3.8) is 0 Å². The highest BCUT2D eigenvalue weighted by atomic mass is 16.5. The van der Waals surface area contributed by atoms with Gasteiger partial charge in [0.25, 0.3) is 5.91 Å². The number of hydrogen-bond donors (Lipinski definition) is 0. The lowest BCUT2D eigenvalue weighted by Crippen LogP contribution is -2.51. The number of carbonyl (C=O) groups is 2. The van der Waals surface area contributed by atoms with Gasteiger partial charge in [0.05, 0.1) is 18.7 Å². The summed E-state index contributed by atoms with van der Waals surface area (Å²) in [5.41, 5.74) is 1.55. The fourth-order valence-corrected chi connectivity index (χ4v) is 3.13. The lowest BCUT2D eigenvalue weighted by atomic mass is 10.0. The van der Waals surface area contributed by atoms with E-state index >= 15 is 0 Å². The first-order valence-electron chi connectivity index (χ1n) is 8.20. The van der Waals surface area contributed by atoms with E-state index in [4.69, 9.17) is 4.74 Å². The lowest BCUT2D eigenvalue weighted by Gasteiger charge is -2.41. The Labute approximate surface area is 147 Å². The van der Waals surface area contributed by atoms with E-state index in [1.54, 1.807) is 43.5 Å². The highest BCUT2D eigenvalue weighted by Crippen LogP contribution is 2.27. The summed E-state index contributed by atoms with van der Waals surface area (Å²) in [5.74, 6) is 0.710. The highest BCUT2D eigenvalue weighted by molar-refractivity contribution is 5.94. The first kappa shape index (κ1) is 17.0. The van der Waals surface area contributed by atoms with Crippen LogP contribution in [0.3, 0.4) is 0 Å². The summed E-state index contributed by atoms with van der Waals surface area (Å²) < 4.78 is 5.20. The van der Waals surface area contributed by atoms with E-state index in [0.29, 0.717) is 25.2 Å². The zero-order chi connectivity index (χ0) is 17.8. The van der Waals surface area contributed by atoms with Crippen molar-refractivity contribution in [3.8, 4) is 5.75 Å². The Bertz CT molecular complexity index is 746. The average Bonchev–Trinajstić information content (AvgIpc) is 2.67. The van der Waals surface area contributed by atoms with Crippen molar-refractivity contribution < 1.29 is 14.3 Å². The van der Waals surface area contributed by atoms with Gasteiger partial charge in [-0.3, -0.25) is 14.6 Å². The molecule has 0 unspecified atom stereocenters. The van der Waals surface area contributed by atoms with Gasteiger partial charge in [0.15, 0.2) is 0 Å². The number of methoxy groups -OCH3 is 1. The molecule has 6 heteroatoms. The van der Waals surface area contributed by atoms with E-state index in [-0.39, 0.29) is 17.9 Å². The predicted molar refractivity (Wildman–Crippen MR) is 93.3 cm³/mol. The van der Waals surface area contributed by atoms with Gasteiger partial charge in [-0.05, 0) is 29.8 Å². The Morgan fingerprint density at radius 3 is 2.52 bits per heavy atom. The van der Waals surface area contributed by atoms with Gasteiger partial charge < -0.3 is 14.5 Å². The summed E-state index contributed by atoms with van der Waals surface area (Å²) in [4.78, 5) is 32.4. The molecule has 0 radical (unpaired) electrons. The summed E-state index contributed by atoms with van der Waals surface area (Å²) in [6.07, 6.45) is 3.21. The number of pyridine rings is 1. The second kappa shape index (κ2) is 7.34. The molecule has 2 heterocycles. The first-order valence-corrected chi connectivity index (χ1v) is 8.20. The van der Waals surface area contributed by atoms with Crippen LogP contribution in [0.4, 0.5) is 0 Å². The van der Waals surface area contributed by atoms with Gasteiger partial charge in [-0.1, -0.05) is 12.1 Å². The van der Waals surface area contributed by atoms with Crippen molar-refractivity contribution in [1.82, 2.24) is 14.8 Å². The smallest absolute Gasteiger partial charge is 0.255 e. The first-order chi connectivity index (χ1) is 12.1. The van der Waals surface area contributed by atoms with Crippen molar-refractivity contribution in [3.05, 3.63) is 59.9 Å². The number of carbonyl (C=O) groups excluding carboxylic acids is 2. The summed E-state index contributed by atoms with van der Waals surface area (Å²) in [6, 6.07) is 11.0. The summed E-state index contributed by atoms with van der Waals surface area (Å²) in [6.45, 7) is 3.05. The molecule has 1 atom stereocenters. The number of piperazine rings is 1. The number of nitrogens with zero attached hydrogens (tertiary/aromatic N) is 3. The Kier molecular flexibility index (Phi) is 4.97. The van der Waals surface area contributed by atoms with Crippen LogP contribution in [0.25, 0.3) is 0 Å². The molecule has 2 aromatic rings. The molecule has 25 heavy (non-hydrogen) atoms. The van der Waals surface area contributed by atoms with Crippen LogP contribution < -0.4 is 4.74 Å². The highest BCUT2D eigenvalue weighted by Gasteiger charge is 2.32. The molecule has 0 spiro atoms. The summed E-state index contributed by atoms with van der Waals surface area (Å²) in [5, 5.41) is 0. The number of rotatable bonds is 3. The Morgan fingerprint density at radius 2 is 1.92 bits per heavy atom. The predicted octanol–water partition coefficient (Wildman–Crippen LogP) is 2.14. The van der Waals surface area contributed by atoms with Gasteiger partial charge in [-0.2, -0.15) is 0 Å². The molecular weight excluding hydrogens is 318 g/mol. The Hall–Kier alpha value is -2.89. The van der Waals surface area contributed by atoms with Gasteiger partial charge in [0, 0.05) is 39.0 Å². The van der Waals surface area contributed by atoms with Crippen LogP contribution >= 0.6 is 0 Å². The second-order valence-corrected chi connectivity index (χ2v) is 5.99. The molecule has 0 aliphatic carbocycles. The quantitative estimate of drug-likeness (QED) is 0.859. The zero-order valence-electron chi connectivity index (χ0n) is 14.4. The number of benzene rings is 1. The van der Waals surface area contributed by atoms with E-state index < -0.39 is 0 Å². The van der Waals surface area contributed by atoms with Gasteiger partial charge in [-0.25, -0.2) is 0 Å². The molecule has 1 aromatic heterocycles. The van der Waals surface area contributed by atoms with Crippen LogP contribution in [-0.4, -0.2) is 53.3 Å². The van der Waals surface area contributed by atoms with Gasteiger partial charge >= 0.3 is 0 Å². The molecule has 0 N–H and O–H groups in total. The maximum atomic E-state index is 12.7. The van der Waals surface area contributed by atoms with Crippen LogP contribution in [0.2, 0.25) is 0 Å². The van der Waals surface area contributed by atoms with Crippen LogP contribution in [-0.2, 0) is 4.79 Å². The third-order valence-electron chi connectivity index (χ3n) is 4.48. The molecule has 130 valence electrons. The molecule has 0 bridgehead atoms. The van der Waals surface area contributed by atoms with Crippen molar-refractivity contribution in [1.29, 1.82) is 0 Å². The number of aromatic nitrogens is 1. The fourth-order valence-electron chi connectivity index (χ4n) is 3.13. The minimum atomic E-state index is -0.169. The minimum Gasteiger partial charge on any atom is -0.497 e. The number of hydrogen-bond acceptors (Lipinski definition) is 4. The van der Waals surface area contributed by atoms with Crippen molar-refractivity contribution in [2.75, 3.05) is 26.7 Å². The monoisotopic (exact) mass is 339 g/mol. The largest absolute Gasteiger partial charge is 0.497 e. The minimum absolute atomic E-state index is 0.00861. The van der Waals surface area contributed by atoms with E-state index in [1.807, 2.05) is 29.2 Å². The van der Waals surface area contributed by atoms with Crippen molar-refractivity contribution in [2.45, 2.75) is 13.0 Å². The average molecular weight is 339 g/mol. The number of ether oxygens (including phenoxy) is 1. The maximum Gasteiger partial charge on any atom is 0.255 e. The second-order valence-electron chi connectivity index (χ2n) is 5.99. The molecule has 1 aliphatic rings. The molecule has 2 amide bonds. The third kappa shape index (κ3) is 3.63. The van der Waals surface area contributed by atoms with Crippen LogP contribution in [0, 0.1) is 0 Å². The SMILES string of the molecule is COc1ccc([C@H]2CN(C(=O)c3cccnc3)CCN2C(C)=O)cc1.